The molecule has 2 aromatic rings. The molecule has 128 valence electrons. The van der Waals surface area contributed by atoms with Crippen molar-refractivity contribution in [3.8, 4) is 17.6 Å². The zero-order valence-corrected chi connectivity index (χ0v) is 14.8. The van der Waals surface area contributed by atoms with Crippen LogP contribution >= 0.6 is 23.2 Å². The lowest BCUT2D eigenvalue weighted by molar-refractivity contribution is -0.385. The molecule has 0 N–H and O–H groups in total. The van der Waals surface area contributed by atoms with E-state index in [2.05, 4.69) is 0 Å². The summed E-state index contributed by atoms with van der Waals surface area (Å²) < 4.78 is 10.2. The van der Waals surface area contributed by atoms with Crippen molar-refractivity contribution in [2.45, 2.75) is 0 Å². The summed E-state index contributed by atoms with van der Waals surface area (Å²) in [7, 11) is 2.80. The third kappa shape index (κ3) is 4.02. The Bertz CT molecular complexity index is 904. The zero-order valence-electron chi connectivity index (χ0n) is 13.2. The van der Waals surface area contributed by atoms with Crippen LogP contribution in [-0.2, 0) is 0 Å². The maximum absolute atomic E-state index is 11.4. The Labute approximate surface area is 154 Å². The van der Waals surface area contributed by atoms with Gasteiger partial charge in [0, 0.05) is 0 Å². The Morgan fingerprint density at radius 3 is 2.32 bits per heavy atom. The number of rotatable bonds is 5. The van der Waals surface area contributed by atoms with Crippen molar-refractivity contribution < 1.29 is 14.4 Å². The summed E-state index contributed by atoms with van der Waals surface area (Å²) in [6.07, 6.45) is 1.39. The summed E-state index contributed by atoms with van der Waals surface area (Å²) >= 11 is 11.8. The molecule has 0 aromatic heterocycles. The molecule has 0 aliphatic carbocycles. The first-order valence-corrected chi connectivity index (χ1v) is 7.64. The van der Waals surface area contributed by atoms with E-state index in [1.54, 1.807) is 12.1 Å². The van der Waals surface area contributed by atoms with Crippen LogP contribution in [0, 0.1) is 21.4 Å². The molecule has 0 radical (unpaired) electrons. The molecule has 0 atom stereocenters. The number of nitro groups is 1. The smallest absolute Gasteiger partial charge is 0.280 e. The second-order valence-corrected chi connectivity index (χ2v) is 5.64. The number of nitrogens with zero attached hydrogens (tertiary/aromatic N) is 2. The van der Waals surface area contributed by atoms with Crippen LogP contribution < -0.4 is 9.47 Å². The standard InChI is InChI=1S/C17H12Cl2N2O4/c1-24-16-7-11(15(21(22)23)8-17(16)25-2)5-12(9-20)10-3-4-13(18)14(19)6-10/h3-8H,1-2H3. The predicted molar refractivity (Wildman–Crippen MR) is 96.1 cm³/mol. The van der Waals surface area contributed by atoms with E-state index in [1.165, 1.54) is 38.5 Å². The molecule has 25 heavy (non-hydrogen) atoms. The van der Waals surface area contributed by atoms with Crippen LogP contribution in [0.1, 0.15) is 11.1 Å². The fourth-order valence-corrected chi connectivity index (χ4v) is 2.46. The first-order valence-electron chi connectivity index (χ1n) is 6.89. The molecule has 8 heteroatoms. The van der Waals surface area contributed by atoms with E-state index < -0.39 is 4.92 Å². The van der Waals surface area contributed by atoms with Crippen molar-refractivity contribution in [3.05, 3.63) is 61.6 Å². The number of nitriles is 1. The average molecular weight is 379 g/mol. The van der Waals surface area contributed by atoms with Crippen LogP contribution in [0.25, 0.3) is 11.6 Å². The molecule has 0 aliphatic heterocycles. The third-order valence-electron chi connectivity index (χ3n) is 3.38. The van der Waals surface area contributed by atoms with Gasteiger partial charge in [-0.15, -0.1) is 0 Å². The molecular weight excluding hydrogens is 367 g/mol. The molecule has 0 heterocycles. The van der Waals surface area contributed by atoms with Gasteiger partial charge in [-0.05, 0) is 29.8 Å². The normalized spacial score (nSPS) is 10.9. The number of methoxy groups -OCH3 is 2. The Kier molecular flexibility index (Phi) is 5.86. The summed E-state index contributed by atoms with van der Waals surface area (Å²) in [5, 5.41) is 21.4. The minimum absolute atomic E-state index is 0.189. The number of hydrogen-bond donors (Lipinski definition) is 0. The molecule has 2 rings (SSSR count). The average Bonchev–Trinajstić information content (AvgIpc) is 2.61. The van der Waals surface area contributed by atoms with Crippen molar-refractivity contribution in [3.63, 3.8) is 0 Å². The van der Waals surface area contributed by atoms with Crippen LogP contribution in [0.2, 0.25) is 10.0 Å². The van der Waals surface area contributed by atoms with E-state index in [4.69, 9.17) is 32.7 Å². The maximum Gasteiger partial charge on any atom is 0.280 e. The molecule has 0 saturated carbocycles. The van der Waals surface area contributed by atoms with Crippen LogP contribution in [0.5, 0.6) is 11.5 Å². The SMILES string of the molecule is COc1cc(C=C(C#N)c2ccc(Cl)c(Cl)c2)c([N+](=O)[O-])cc1OC. The summed E-state index contributed by atoms with van der Waals surface area (Å²) in [5.74, 6) is 0.533. The van der Waals surface area contributed by atoms with E-state index in [0.29, 0.717) is 16.3 Å². The van der Waals surface area contributed by atoms with Gasteiger partial charge in [0.2, 0.25) is 0 Å². The summed E-state index contributed by atoms with van der Waals surface area (Å²) in [5.41, 5.74) is 0.658. The van der Waals surface area contributed by atoms with Crippen LogP contribution in [0.15, 0.2) is 30.3 Å². The highest BCUT2D eigenvalue weighted by Gasteiger charge is 2.19. The van der Waals surface area contributed by atoms with Gasteiger partial charge in [-0.3, -0.25) is 10.1 Å². The highest BCUT2D eigenvalue weighted by Crippen LogP contribution is 2.36. The van der Waals surface area contributed by atoms with Gasteiger partial charge >= 0.3 is 0 Å². The lowest BCUT2D eigenvalue weighted by Gasteiger charge is -2.09. The highest BCUT2D eigenvalue weighted by molar-refractivity contribution is 6.42. The van der Waals surface area contributed by atoms with E-state index in [-0.39, 0.29) is 27.6 Å². The van der Waals surface area contributed by atoms with Crippen molar-refractivity contribution in [2.24, 2.45) is 0 Å². The first kappa shape index (κ1) is 18.6. The first-order chi connectivity index (χ1) is 11.9. The Morgan fingerprint density at radius 1 is 1.16 bits per heavy atom. The van der Waals surface area contributed by atoms with Gasteiger partial charge in [-0.25, -0.2) is 0 Å². The zero-order chi connectivity index (χ0) is 18.6. The minimum atomic E-state index is -0.558. The van der Waals surface area contributed by atoms with Crippen LogP contribution in [-0.4, -0.2) is 19.1 Å². The fourth-order valence-electron chi connectivity index (χ4n) is 2.16. The van der Waals surface area contributed by atoms with E-state index in [1.807, 2.05) is 6.07 Å². The monoisotopic (exact) mass is 378 g/mol. The molecule has 2 aromatic carbocycles. The fraction of sp³-hybridized carbons (Fsp3) is 0.118. The topological polar surface area (TPSA) is 85.4 Å². The predicted octanol–water partition coefficient (Wildman–Crippen LogP) is 4.98. The van der Waals surface area contributed by atoms with Gasteiger partial charge in [0.25, 0.3) is 5.69 Å². The molecule has 0 unspecified atom stereocenters. The molecule has 0 saturated heterocycles. The number of halogens is 2. The van der Waals surface area contributed by atoms with Crippen molar-refractivity contribution in [2.75, 3.05) is 14.2 Å². The van der Waals surface area contributed by atoms with E-state index in [0.717, 1.165) is 0 Å². The third-order valence-corrected chi connectivity index (χ3v) is 4.12. The summed E-state index contributed by atoms with van der Waals surface area (Å²) in [6, 6.07) is 9.37. The van der Waals surface area contributed by atoms with Gasteiger partial charge in [0.05, 0.1) is 52.5 Å². The number of ether oxygens (including phenoxy) is 2. The lowest BCUT2D eigenvalue weighted by atomic mass is 10.0. The molecule has 0 aliphatic rings. The Hall–Kier alpha value is -2.75. The molecular formula is C17H12Cl2N2O4. The summed E-state index contributed by atoms with van der Waals surface area (Å²) in [6.45, 7) is 0. The van der Waals surface area contributed by atoms with Crippen molar-refractivity contribution in [1.82, 2.24) is 0 Å². The molecule has 0 amide bonds. The molecule has 0 bridgehead atoms. The van der Waals surface area contributed by atoms with Crippen LogP contribution in [0.4, 0.5) is 5.69 Å². The van der Waals surface area contributed by atoms with Crippen molar-refractivity contribution >= 4 is 40.5 Å². The minimum Gasteiger partial charge on any atom is -0.493 e. The van der Waals surface area contributed by atoms with Gasteiger partial charge in [-0.1, -0.05) is 29.3 Å². The Balaban J connectivity index is 2.65. The number of benzene rings is 2. The van der Waals surface area contributed by atoms with E-state index in [9.17, 15) is 15.4 Å². The quantitative estimate of drug-likeness (QED) is 0.316. The van der Waals surface area contributed by atoms with Crippen LogP contribution in [0.3, 0.4) is 0 Å². The van der Waals surface area contributed by atoms with Gasteiger partial charge in [-0.2, -0.15) is 5.26 Å². The number of allylic oxidation sites excluding steroid dienone is 1. The molecule has 0 spiro atoms. The summed E-state index contributed by atoms with van der Waals surface area (Å²) in [4.78, 5) is 10.8. The molecule has 6 nitrogen and oxygen atoms in total. The van der Waals surface area contributed by atoms with Crippen molar-refractivity contribution in [1.29, 1.82) is 5.26 Å². The van der Waals surface area contributed by atoms with Gasteiger partial charge in [0.15, 0.2) is 11.5 Å². The highest BCUT2D eigenvalue weighted by atomic mass is 35.5. The van der Waals surface area contributed by atoms with Gasteiger partial charge in [0.1, 0.15) is 0 Å². The molecule has 0 fully saturated rings. The second kappa shape index (κ2) is 7.88. The number of nitro benzene ring substituents is 1. The largest absolute Gasteiger partial charge is 0.493 e. The Morgan fingerprint density at radius 2 is 1.80 bits per heavy atom. The van der Waals surface area contributed by atoms with E-state index >= 15 is 0 Å². The van der Waals surface area contributed by atoms with Gasteiger partial charge < -0.3 is 9.47 Å². The lowest BCUT2D eigenvalue weighted by Crippen LogP contribution is -1.97. The second-order valence-electron chi connectivity index (χ2n) is 4.82. The maximum atomic E-state index is 11.4. The number of hydrogen-bond acceptors (Lipinski definition) is 5.